The van der Waals surface area contributed by atoms with Crippen LogP contribution < -0.4 is 14.8 Å². The summed E-state index contributed by atoms with van der Waals surface area (Å²) in [5, 5.41) is 3.54. The average molecular weight is 281 g/mol. The van der Waals surface area contributed by atoms with E-state index < -0.39 is 0 Å². The summed E-state index contributed by atoms with van der Waals surface area (Å²) in [4.78, 5) is 0. The van der Waals surface area contributed by atoms with Gasteiger partial charge in [0.25, 0.3) is 0 Å². The van der Waals surface area contributed by atoms with Crippen LogP contribution in [0.15, 0.2) is 18.2 Å². The lowest BCUT2D eigenvalue weighted by molar-refractivity contribution is 0.107. The van der Waals surface area contributed by atoms with E-state index in [4.69, 9.17) is 14.2 Å². The van der Waals surface area contributed by atoms with Gasteiger partial charge in [-0.25, -0.2) is 0 Å². The molecular formula is C16H27NO3. The van der Waals surface area contributed by atoms with Crippen molar-refractivity contribution in [3.05, 3.63) is 23.8 Å². The first-order chi connectivity index (χ1) is 9.63. The molecule has 0 radical (unpaired) electrons. The largest absolute Gasteiger partial charge is 0.493 e. The minimum atomic E-state index is 0.325. The van der Waals surface area contributed by atoms with Crippen molar-refractivity contribution in [3.63, 3.8) is 0 Å². The highest BCUT2D eigenvalue weighted by Crippen LogP contribution is 2.30. The highest BCUT2D eigenvalue weighted by Gasteiger charge is 2.15. The molecule has 0 bridgehead atoms. The SMILES string of the molecule is CCOCC(NCc1cccc(OC)c1OC)C(C)C. The molecule has 1 N–H and O–H groups in total. The van der Waals surface area contributed by atoms with Crippen molar-refractivity contribution < 1.29 is 14.2 Å². The lowest BCUT2D eigenvalue weighted by Gasteiger charge is -2.23. The Kier molecular flexibility index (Phi) is 7.41. The third-order valence-electron chi connectivity index (χ3n) is 3.35. The molecule has 1 unspecified atom stereocenters. The topological polar surface area (TPSA) is 39.7 Å². The molecule has 0 saturated carbocycles. The van der Waals surface area contributed by atoms with Crippen LogP contribution >= 0.6 is 0 Å². The molecule has 0 aliphatic carbocycles. The molecule has 114 valence electrons. The number of para-hydroxylation sites is 1. The number of benzene rings is 1. The summed E-state index contributed by atoms with van der Waals surface area (Å²) < 4.78 is 16.3. The molecule has 0 heterocycles. The Labute approximate surface area is 122 Å². The van der Waals surface area contributed by atoms with E-state index in [9.17, 15) is 0 Å². The molecule has 0 fully saturated rings. The molecule has 1 aromatic carbocycles. The maximum atomic E-state index is 5.53. The molecule has 0 aliphatic rings. The van der Waals surface area contributed by atoms with Crippen molar-refractivity contribution in [2.45, 2.75) is 33.4 Å². The van der Waals surface area contributed by atoms with Crippen LogP contribution in [-0.4, -0.2) is 33.5 Å². The van der Waals surface area contributed by atoms with Gasteiger partial charge in [0.1, 0.15) is 0 Å². The Morgan fingerprint density at radius 1 is 1.15 bits per heavy atom. The Hall–Kier alpha value is -1.26. The molecule has 1 rings (SSSR count). The quantitative estimate of drug-likeness (QED) is 0.755. The van der Waals surface area contributed by atoms with Crippen LogP contribution in [0.5, 0.6) is 11.5 Å². The van der Waals surface area contributed by atoms with E-state index in [0.29, 0.717) is 12.0 Å². The van der Waals surface area contributed by atoms with Crippen molar-refractivity contribution in [2.24, 2.45) is 5.92 Å². The van der Waals surface area contributed by atoms with Gasteiger partial charge >= 0.3 is 0 Å². The van der Waals surface area contributed by atoms with Gasteiger partial charge in [0, 0.05) is 24.8 Å². The Morgan fingerprint density at radius 2 is 1.90 bits per heavy atom. The second-order valence-electron chi connectivity index (χ2n) is 5.04. The summed E-state index contributed by atoms with van der Waals surface area (Å²) in [7, 11) is 3.32. The maximum absolute atomic E-state index is 5.53. The van der Waals surface area contributed by atoms with Gasteiger partial charge in [0.2, 0.25) is 0 Å². The molecular weight excluding hydrogens is 254 g/mol. The Balaban J connectivity index is 2.72. The zero-order valence-corrected chi connectivity index (χ0v) is 13.2. The number of hydrogen-bond acceptors (Lipinski definition) is 4. The van der Waals surface area contributed by atoms with Crippen LogP contribution in [-0.2, 0) is 11.3 Å². The van der Waals surface area contributed by atoms with Gasteiger partial charge in [-0.2, -0.15) is 0 Å². The van der Waals surface area contributed by atoms with Crippen LogP contribution in [0, 0.1) is 5.92 Å². The first kappa shape index (κ1) is 16.8. The lowest BCUT2D eigenvalue weighted by Crippen LogP contribution is -2.37. The van der Waals surface area contributed by atoms with Gasteiger partial charge in [-0.15, -0.1) is 0 Å². The normalized spacial score (nSPS) is 12.5. The maximum Gasteiger partial charge on any atom is 0.165 e. The van der Waals surface area contributed by atoms with Crippen molar-refractivity contribution in [3.8, 4) is 11.5 Å². The average Bonchev–Trinajstić information content (AvgIpc) is 2.46. The highest BCUT2D eigenvalue weighted by atomic mass is 16.5. The van der Waals surface area contributed by atoms with Crippen molar-refractivity contribution in [2.75, 3.05) is 27.4 Å². The fraction of sp³-hybridized carbons (Fsp3) is 0.625. The van der Waals surface area contributed by atoms with Gasteiger partial charge in [0.05, 0.1) is 20.8 Å². The van der Waals surface area contributed by atoms with Crippen LogP contribution in [0.25, 0.3) is 0 Å². The zero-order valence-electron chi connectivity index (χ0n) is 13.2. The molecule has 0 aromatic heterocycles. The fourth-order valence-corrected chi connectivity index (χ4v) is 2.07. The van der Waals surface area contributed by atoms with Gasteiger partial charge in [0.15, 0.2) is 11.5 Å². The molecule has 4 heteroatoms. The van der Waals surface area contributed by atoms with E-state index in [0.717, 1.165) is 36.8 Å². The molecule has 20 heavy (non-hydrogen) atoms. The summed E-state index contributed by atoms with van der Waals surface area (Å²) in [6.07, 6.45) is 0. The predicted octanol–water partition coefficient (Wildman–Crippen LogP) is 2.85. The summed E-state index contributed by atoms with van der Waals surface area (Å²) in [5.74, 6) is 2.07. The van der Waals surface area contributed by atoms with E-state index in [1.54, 1.807) is 14.2 Å². The molecule has 0 aliphatic heterocycles. The van der Waals surface area contributed by atoms with E-state index in [1.807, 2.05) is 25.1 Å². The Morgan fingerprint density at radius 3 is 2.45 bits per heavy atom. The second-order valence-corrected chi connectivity index (χ2v) is 5.04. The summed E-state index contributed by atoms with van der Waals surface area (Å²) in [5.41, 5.74) is 1.09. The van der Waals surface area contributed by atoms with Crippen LogP contribution in [0.1, 0.15) is 26.3 Å². The van der Waals surface area contributed by atoms with Crippen molar-refractivity contribution >= 4 is 0 Å². The zero-order chi connectivity index (χ0) is 15.0. The van der Waals surface area contributed by atoms with Gasteiger partial charge in [-0.1, -0.05) is 26.0 Å². The Bertz CT molecular complexity index is 393. The number of rotatable bonds is 9. The van der Waals surface area contributed by atoms with Crippen LogP contribution in [0.2, 0.25) is 0 Å². The molecule has 1 atom stereocenters. The number of hydrogen-bond donors (Lipinski definition) is 1. The van der Waals surface area contributed by atoms with Crippen LogP contribution in [0.4, 0.5) is 0 Å². The van der Waals surface area contributed by atoms with Crippen molar-refractivity contribution in [1.82, 2.24) is 5.32 Å². The first-order valence-electron chi connectivity index (χ1n) is 7.15. The van der Waals surface area contributed by atoms with Crippen molar-refractivity contribution in [1.29, 1.82) is 0 Å². The number of methoxy groups -OCH3 is 2. The van der Waals surface area contributed by atoms with E-state index in [-0.39, 0.29) is 0 Å². The molecule has 0 amide bonds. The summed E-state index contributed by atoms with van der Waals surface area (Å²) in [6, 6.07) is 6.26. The van der Waals surface area contributed by atoms with E-state index in [2.05, 4.69) is 19.2 Å². The third-order valence-corrected chi connectivity index (χ3v) is 3.35. The van der Waals surface area contributed by atoms with Crippen LogP contribution in [0.3, 0.4) is 0 Å². The number of nitrogens with one attached hydrogen (secondary N) is 1. The minimum absolute atomic E-state index is 0.325. The van der Waals surface area contributed by atoms with Gasteiger partial charge in [-0.3, -0.25) is 0 Å². The van der Waals surface area contributed by atoms with E-state index in [1.165, 1.54) is 0 Å². The second kappa shape index (κ2) is 8.82. The third kappa shape index (κ3) is 4.69. The molecule has 0 spiro atoms. The molecule has 0 saturated heterocycles. The monoisotopic (exact) mass is 281 g/mol. The lowest BCUT2D eigenvalue weighted by atomic mass is 10.0. The fourth-order valence-electron chi connectivity index (χ4n) is 2.07. The predicted molar refractivity (Wildman–Crippen MR) is 81.5 cm³/mol. The van der Waals surface area contributed by atoms with E-state index >= 15 is 0 Å². The standard InChI is InChI=1S/C16H27NO3/c1-6-20-11-14(12(2)3)17-10-13-8-7-9-15(18-4)16(13)19-5/h7-9,12,14,17H,6,10-11H2,1-5H3. The smallest absolute Gasteiger partial charge is 0.165 e. The first-order valence-corrected chi connectivity index (χ1v) is 7.15. The molecule has 4 nitrogen and oxygen atoms in total. The minimum Gasteiger partial charge on any atom is -0.493 e. The van der Waals surface area contributed by atoms with Gasteiger partial charge < -0.3 is 19.5 Å². The molecule has 1 aromatic rings. The summed E-state index contributed by atoms with van der Waals surface area (Å²) in [6.45, 7) is 8.60. The van der Waals surface area contributed by atoms with Gasteiger partial charge in [-0.05, 0) is 18.9 Å². The highest BCUT2D eigenvalue weighted by molar-refractivity contribution is 5.46. The number of ether oxygens (including phenoxy) is 3. The summed E-state index contributed by atoms with van der Waals surface area (Å²) >= 11 is 0.